The number of ether oxygens (including phenoxy) is 1. The van der Waals surface area contributed by atoms with Crippen molar-refractivity contribution in [3.8, 4) is 5.75 Å². The van der Waals surface area contributed by atoms with Crippen molar-refractivity contribution in [3.63, 3.8) is 0 Å². The van der Waals surface area contributed by atoms with Gasteiger partial charge < -0.3 is 15.0 Å². The Bertz CT molecular complexity index is 386. The van der Waals surface area contributed by atoms with E-state index in [1.807, 2.05) is 6.92 Å². The van der Waals surface area contributed by atoms with Crippen LogP contribution < -0.4 is 10.1 Å². The van der Waals surface area contributed by atoms with Gasteiger partial charge in [0.2, 0.25) is 0 Å². The highest BCUT2D eigenvalue weighted by atomic mass is 16.5. The summed E-state index contributed by atoms with van der Waals surface area (Å²) in [6, 6.07) is 8.92. The van der Waals surface area contributed by atoms with Crippen molar-refractivity contribution in [2.24, 2.45) is 5.92 Å². The first-order valence-corrected chi connectivity index (χ1v) is 7.87. The predicted molar refractivity (Wildman–Crippen MR) is 84.2 cm³/mol. The van der Waals surface area contributed by atoms with Crippen LogP contribution >= 0.6 is 0 Å². The average molecular weight is 276 g/mol. The SMILES string of the molecule is CCNC(CN(C)CC1CC1)c1ccc(OCC)cc1. The predicted octanol–water partition coefficient (Wildman–Crippen LogP) is 3.08. The summed E-state index contributed by atoms with van der Waals surface area (Å²) in [4.78, 5) is 2.46. The normalized spacial score (nSPS) is 16.4. The second-order valence-corrected chi connectivity index (χ2v) is 5.78. The number of likely N-dealkylation sites (N-methyl/N-ethyl adjacent to an activating group) is 2. The van der Waals surface area contributed by atoms with E-state index < -0.39 is 0 Å². The molecule has 1 fully saturated rings. The van der Waals surface area contributed by atoms with Crippen LogP contribution in [0.3, 0.4) is 0 Å². The summed E-state index contributed by atoms with van der Waals surface area (Å²) < 4.78 is 5.51. The summed E-state index contributed by atoms with van der Waals surface area (Å²) in [5.41, 5.74) is 1.35. The van der Waals surface area contributed by atoms with Crippen molar-refractivity contribution in [3.05, 3.63) is 29.8 Å². The fraction of sp³-hybridized carbons (Fsp3) is 0.647. The van der Waals surface area contributed by atoms with E-state index in [-0.39, 0.29) is 0 Å². The summed E-state index contributed by atoms with van der Waals surface area (Å²) in [7, 11) is 2.23. The molecule has 1 aromatic carbocycles. The zero-order valence-electron chi connectivity index (χ0n) is 13.1. The Hall–Kier alpha value is -1.06. The Kier molecular flexibility index (Phi) is 5.86. The number of benzene rings is 1. The van der Waals surface area contributed by atoms with E-state index in [9.17, 15) is 0 Å². The summed E-state index contributed by atoms with van der Waals surface area (Å²) in [6.45, 7) is 8.21. The molecular formula is C17H28N2O. The highest BCUT2D eigenvalue weighted by Crippen LogP contribution is 2.30. The van der Waals surface area contributed by atoms with E-state index in [2.05, 4.69) is 48.5 Å². The van der Waals surface area contributed by atoms with Crippen molar-refractivity contribution < 1.29 is 4.74 Å². The molecule has 112 valence electrons. The van der Waals surface area contributed by atoms with E-state index in [1.54, 1.807) is 0 Å². The molecule has 3 nitrogen and oxygen atoms in total. The van der Waals surface area contributed by atoms with Crippen molar-refractivity contribution in [1.82, 2.24) is 10.2 Å². The quantitative estimate of drug-likeness (QED) is 0.750. The monoisotopic (exact) mass is 276 g/mol. The van der Waals surface area contributed by atoms with Crippen LogP contribution in [0.4, 0.5) is 0 Å². The van der Waals surface area contributed by atoms with Crippen LogP contribution in [0, 0.1) is 5.92 Å². The van der Waals surface area contributed by atoms with Crippen molar-refractivity contribution >= 4 is 0 Å². The third kappa shape index (κ3) is 4.80. The summed E-state index contributed by atoms with van der Waals surface area (Å²) in [5.74, 6) is 1.90. The van der Waals surface area contributed by atoms with Gasteiger partial charge in [0.25, 0.3) is 0 Å². The van der Waals surface area contributed by atoms with Gasteiger partial charge in [-0.05, 0) is 57.0 Å². The van der Waals surface area contributed by atoms with Gasteiger partial charge in [-0.2, -0.15) is 0 Å². The lowest BCUT2D eigenvalue weighted by Crippen LogP contribution is -2.34. The first kappa shape index (κ1) is 15.3. The average Bonchev–Trinajstić information content (AvgIpc) is 3.23. The van der Waals surface area contributed by atoms with Gasteiger partial charge in [-0.15, -0.1) is 0 Å². The zero-order valence-corrected chi connectivity index (χ0v) is 13.1. The van der Waals surface area contributed by atoms with Crippen molar-refractivity contribution in [1.29, 1.82) is 0 Å². The van der Waals surface area contributed by atoms with Gasteiger partial charge in [0, 0.05) is 19.1 Å². The van der Waals surface area contributed by atoms with Crippen molar-refractivity contribution in [2.75, 3.05) is 33.3 Å². The molecule has 0 spiro atoms. The summed E-state index contributed by atoms with van der Waals surface area (Å²) >= 11 is 0. The Morgan fingerprint density at radius 1 is 1.25 bits per heavy atom. The molecule has 0 bridgehead atoms. The smallest absolute Gasteiger partial charge is 0.119 e. The molecule has 1 atom stereocenters. The largest absolute Gasteiger partial charge is 0.494 e. The molecule has 2 rings (SSSR count). The Morgan fingerprint density at radius 3 is 2.50 bits per heavy atom. The number of nitrogens with one attached hydrogen (secondary N) is 1. The first-order valence-electron chi connectivity index (χ1n) is 7.87. The number of nitrogens with zero attached hydrogens (tertiary/aromatic N) is 1. The Morgan fingerprint density at radius 2 is 1.95 bits per heavy atom. The zero-order chi connectivity index (χ0) is 14.4. The van der Waals surface area contributed by atoms with Gasteiger partial charge in [0.1, 0.15) is 5.75 Å². The van der Waals surface area contributed by atoms with Gasteiger partial charge in [-0.1, -0.05) is 19.1 Å². The van der Waals surface area contributed by atoms with E-state index in [0.29, 0.717) is 6.04 Å². The van der Waals surface area contributed by atoms with Gasteiger partial charge in [-0.3, -0.25) is 0 Å². The van der Waals surface area contributed by atoms with E-state index in [0.717, 1.165) is 31.4 Å². The topological polar surface area (TPSA) is 24.5 Å². The maximum absolute atomic E-state index is 5.51. The second-order valence-electron chi connectivity index (χ2n) is 5.78. The highest BCUT2D eigenvalue weighted by Gasteiger charge is 2.24. The number of hydrogen-bond donors (Lipinski definition) is 1. The third-order valence-corrected chi connectivity index (χ3v) is 3.81. The van der Waals surface area contributed by atoms with Gasteiger partial charge in [0.15, 0.2) is 0 Å². The summed E-state index contributed by atoms with van der Waals surface area (Å²) in [6.07, 6.45) is 2.83. The standard InChI is InChI=1S/C17H28N2O/c1-4-18-17(13-19(3)12-14-6-7-14)15-8-10-16(11-9-15)20-5-2/h8-11,14,17-18H,4-7,12-13H2,1-3H3. The lowest BCUT2D eigenvalue weighted by molar-refractivity contribution is 0.281. The molecule has 0 saturated heterocycles. The van der Waals surface area contributed by atoms with Crippen LogP contribution in [-0.4, -0.2) is 38.2 Å². The fourth-order valence-electron chi connectivity index (χ4n) is 2.62. The highest BCUT2D eigenvalue weighted by molar-refractivity contribution is 5.29. The minimum atomic E-state index is 0.402. The summed E-state index contributed by atoms with van der Waals surface area (Å²) in [5, 5.41) is 3.59. The van der Waals surface area contributed by atoms with Crippen LogP contribution in [0.2, 0.25) is 0 Å². The minimum absolute atomic E-state index is 0.402. The molecule has 0 aromatic heterocycles. The van der Waals surface area contributed by atoms with E-state index in [4.69, 9.17) is 4.74 Å². The molecule has 3 heteroatoms. The molecule has 1 N–H and O–H groups in total. The molecule has 1 aromatic rings. The molecule has 0 amide bonds. The molecule has 0 aliphatic heterocycles. The van der Waals surface area contributed by atoms with E-state index in [1.165, 1.54) is 24.9 Å². The van der Waals surface area contributed by atoms with Crippen LogP contribution in [-0.2, 0) is 0 Å². The van der Waals surface area contributed by atoms with Crippen LogP contribution in [0.5, 0.6) is 5.75 Å². The molecule has 0 heterocycles. The molecular weight excluding hydrogens is 248 g/mol. The fourth-order valence-corrected chi connectivity index (χ4v) is 2.62. The molecule has 1 aliphatic carbocycles. The third-order valence-electron chi connectivity index (χ3n) is 3.81. The van der Waals surface area contributed by atoms with Crippen LogP contribution in [0.1, 0.15) is 38.3 Å². The minimum Gasteiger partial charge on any atom is -0.494 e. The number of rotatable bonds is 9. The van der Waals surface area contributed by atoms with Gasteiger partial charge in [-0.25, -0.2) is 0 Å². The molecule has 20 heavy (non-hydrogen) atoms. The lowest BCUT2D eigenvalue weighted by atomic mass is 10.1. The van der Waals surface area contributed by atoms with Gasteiger partial charge in [0.05, 0.1) is 6.61 Å². The molecule has 1 saturated carbocycles. The maximum Gasteiger partial charge on any atom is 0.119 e. The first-order chi connectivity index (χ1) is 9.72. The van der Waals surface area contributed by atoms with Crippen LogP contribution in [0.25, 0.3) is 0 Å². The Balaban J connectivity index is 1.94. The van der Waals surface area contributed by atoms with E-state index >= 15 is 0 Å². The second kappa shape index (κ2) is 7.65. The van der Waals surface area contributed by atoms with Crippen molar-refractivity contribution in [2.45, 2.75) is 32.7 Å². The number of hydrogen-bond acceptors (Lipinski definition) is 3. The molecule has 1 unspecified atom stereocenters. The lowest BCUT2D eigenvalue weighted by Gasteiger charge is -2.25. The molecule has 1 aliphatic rings. The maximum atomic E-state index is 5.51. The Labute approximate surface area is 123 Å². The molecule has 0 radical (unpaired) electrons. The van der Waals surface area contributed by atoms with Gasteiger partial charge >= 0.3 is 0 Å². The van der Waals surface area contributed by atoms with Crippen LogP contribution in [0.15, 0.2) is 24.3 Å².